The summed E-state index contributed by atoms with van der Waals surface area (Å²) in [5.74, 6) is -1.65. The zero-order valence-corrected chi connectivity index (χ0v) is 10.2. The monoisotopic (exact) mass is 239 g/mol. The molecule has 0 aliphatic rings. The maximum absolute atomic E-state index is 11.0. The van der Waals surface area contributed by atoms with Crippen molar-refractivity contribution >= 4 is 17.6 Å². The van der Waals surface area contributed by atoms with Crippen molar-refractivity contribution in [3.05, 3.63) is 23.8 Å². The Morgan fingerprint density at radius 1 is 1.35 bits per heavy atom. The van der Waals surface area contributed by atoms with Crippen LogP contribution in [0.4, 0.5) is 5.69 Å². The van der Waals surface area contributed by atoms with E-state index in [1.165, 1.54) is 18.2 Å². The second kappa shape index (κ2) is 7.27. The van der Waals surface area contributed by atoms with E-state index < -0.39 is 11.9 Å². The summed E-state index contributed by atoms with van der Waals surface area (Å²) in [5, 5.41) is 8.83. The normalized spacial score (nSPS) is 8.88. The Morgan fingerprint density at radius 3 is 2.41 bits per heavy atom. The summed E-state index contributed by atoms with van der Waals surface area (Å²) >= 11 is 0. The first-order valence-corrected chi connectivity index (χ1v) is 5.38. The zero-order valence-electron chi connectivity index (χ0n) is 10.2. The summed E-state index contributed by atoms with van der Waals surface area (Å²) in [6, 6.07) is 4.09. The Balaban J connectivity index is 0.00000121. The van der Waals surface area contributed by atoms with Crippen molar-refractivity contribution in [2.75, 3.05) is 5.73 Å². The van der Waals surface area contributed by atoms with E-state index in [4.69, 9.17) is 15.6 Å². The van der Waals surface area contributed by atoms with E-state index in [-0.39, 0.29) is 17.7 Å². The van der Waals surface area contributed by atoms with Gasteiger partial charge in [-0.3, -0.25) is 4.79 Å². The number of nitrogens with two attached hydrogens (primary N) is 1. The molecular formula is C12H17NO4. The highest BCUT2D eigenvalue weighted by molar-refractivity contribution is 5.93. The highest BCUT2D eigenvalue weighted by Gasteiger charge is 2.13. The predicted molar refractivity (Wildman–Crippen MR) is 65.1 cm³/mol. The van der Waals surface area contributed by atoms with E-state index in [1.807, 2.05) is 13.8 Å². The molecule has 0 radical (unpaired) electrons. The number of rotatable bonds is 3. The van der Waals surface area contributed by atoms with E-state index in [2.05, 4.69) is 0 Å². The van der Waals surface area contributed by atoms with Crippen LogP contribution >= 0.6 is 0 Å². The maximum atomic E-state index is 11.0. The number of carboxylic acid groups (broad SMARTS) is 1. The van der Waals surface area contributed by atoms with Crippen LogP contribution in [0.1, 0.15) is 37.6 Å². The summed E-state index contributed by atoms with van der Waals surface area (Å²) in [6.07, 6.45) is 0.184. The van der Waals surface area contributed by atoms with Crippen LogP contribution in [-0.2, 0) is 4.79 Å². The standard InChI is InChI=1S/C10H11NO4.C2H6/c1-2-9(12)15-8-4-3-6(11)5-7(8)10(13)14;1-2/h3-5H,2,11H2,1H3,(H,13,14);1-2H3. The molecule has 0 unspecified atom stereocenters. The van der Waals surface area contributed by atoms with Crippen molar-refractivity contribution < 1.29 is 19.4 Å². The number of carboxylic acids is 1. The fourth-order valence-electron chi connectivity index (χ4n) is 0.999. The number of benzene rings is 1. The fourth-order valence-corrected chi connectivity index (χ4v) is 0.999. The van der Waals surface area contributed by atoms with Crippen molar-refractivity contribution in [3.63, 3.8) is 0 Å². The van der Waals surface area contributed by atoms with Gasteiger partial charge in [0.15, 0.2) is 0 Å². The van der Waals surface area contributed by atoms with Crippen LogP contribution in [0, 0.1) is 0 Å². The van der Waals surface area contributed by atoms with Crippen LogP contribution in [0.3, 0.4) is 0 Å². The molecule has 1 aromatic carbocycles. The minimum atomic E-state index is -1.18. The van der Waals surface area contributed by atoms with Gasteiger partial charge < -0.3 is 15.6 Å². The van der Waals surface area contributed by atoms with Crippen LogP contribution < -0.4 is 10.5 Å². The predicted octanol–water partition coefficient (Wildman–Crippen LogP) is 2.31. The molecule has 0 saturated heterocycles. The van der Waals surface area contributed by atoms with E-state index in [0.717, 1.165) is 0 Å². The van der Waals surface area contributed by atoms with Gasteiger partial charge in [0.25, 0.3) is 0 Å². The second-order valence-electron chi connectivity index (χ2n) is 2.89. The highest BCUT2D eigenvalue weighted by Crippen LogP contribution is 2.21. The molecule has 0 atom stereocenters. The first-order chi connectivity index (χ1) is 8.04. The maximum Gasteiger partial charge on any atom is 0.339 e. The Labute approximate surface area is 100 Å². The lowest BCUT2D eigenvalue weighted by Crippen LogP contribution is -2.10. The Kier molecular flexibility index (Phi) is 6.40. The minimum absolute atomic E-state index is 0.0172. The molecule has 1 rings (SSSR count). The number of nitrogen functional groups attached to an aromatic ring is 1. The van der Waals surface area contributed by atoms with Crippen LogP contribution in [0.2, 0.25) is 0 Å². The smallest absolute Gasteiger partial charge is 0.339 e. The van der Waals surface area contributed by atoms with Crippen molar-refractivity contribution in [2.45, 2.75) is 27.2 Å². The van der Waals surface area contributed by atoms with Gasteiger partial charge in [0.1, 0.15) is 11.3 Å². The van der Waals surface area contributed by atoms with Gasteiger partial charge in [-0.05, 0) is 18.2 Å². The lowest BCUT2D eigenvalue weighted by molar-refractivity contribution is -0.134. The summed E-state index contributed by atoms with van der Waals surface area (Å²) in [7, 11) is 0. The molecule has 3 N–H and O–H groups in total. The van der Waals surface area contributed by atoms with Crippen LogP contribution in [-0.4, -0.2) is 17.0 Å². The van der Waals surface area contributed by atoms with E-state index in [0.29, 0.717) is 5.69 Å². The summed E-state index contributed by atoms with van der Waals surface area (Å²) in [4.78, 5) is 21.8. The highest BCUT2D eigenvalue weighted by atomic mass is 16.5. The molecule has 0 bridgehead atoms. The van der Waals surface area contributed by atoms with Crippen molar-refractivity contribution in [1.29, 1.82) is 0 Å². The number of ether oxygens (including phenoxy) is 1. The first kappa shape index (κ1) is 15.0. The average Bonchev–Trinajstić information content (AvgIpc) is 2.33. The lowest BCUT2D eigenvalue weighted by Gasteiger charge is -2.06. The number of anilines is 1. The first-order valence-electron chi connectivity index (χ1n) is 5.38. The second-order valence-corrected chi connectivity index (χ2v) is 2.89. The summed E-state index contributed by atoms with van der Waals surface area (Å²) < 4.78 is 4.84. The molecular weight excluding hydrogens is 222 g/mol. The molecule has 94 valence electrons. The number of esters is 1. The third-order valence-electron chi connectivity index (χ3n) is 1.75. The van der Waals surface area contributed by atoms with Gasteiger partial charge in [0.05, 0.1) is 0 Å². The molecule has 0 aromatic heterocycles. The van der Waals surface area contributed by atoms with Gasteiger partial charge in [-0.25, -0.2) is 4.79 Å². The van der Waals surface area contributed by atoms with Gasteiger partial charge in [0.2, 0.25) is 0 Å². The molecule has 0 heterocycles. The SMILES string of the molecule is CC.CCC(=O)Oc1ccc(N)cc1C(=O)O. The molecule has 0 aliphatic carbocycles. The van der Waals surface area contributed by atoms with Crippen LogP contribution in [0.25, 0.3) is 0 Å². The molecule has 5 nitrogen and oxygen atoms in total. The molecule has 17 heavy (non-hydrogen) atoms. The number of carbonyl (C=O) groups is 2. The minimum Gasteiger partial charge on any atom is -0.478 e. The van der Waals surface area contributed by atoms with Crippen LogP contribution in [0.15, 0.2) is 18.2 Å². The van der Waals surface area contributed by atoms with E-state index in [1.54, 1.807) is 6.92 Å². The molecule has 1 aromatic rings. The van der Waals surface area contributed by atoms with Gasteiger partial charge in [-0.1, -0.05) is 20.8 Å². The van der Waals surface area contributed by atoms with Crippen molar-refractivity contribution in [3.8, 4) is 5.75 Å². The molecule has 5 heteroatoms. The summed E-state index contributed by atoms with van der Waals surface area (Å²) in [6.45, 7) is 5.63. The third-order valence-corrected chi connectivity index (χ3v) is 1.75. The molecule has 0 amide bonds. The average molecular weight is 239 g/mol. The van der Waals surface area contributed by atoms with E-state index in [9.17, 15) is 9.59 Å². The lowest BCUT2D eigenvalue weighted by atomic mass is 10.2. The quantitative estimate of drug-likeness (QED) is 0.480. The topological polar surface area (TPSA) is 89.6 Å². The fraction of sp³-hybridized carbons (Fsp3) is 0.333. The Bertz CT molecular complexity index is 401. The largest absolute Gasteiger partial charge is 0.478 e. The van der Waals surface area contributed by atoms with Crippen molar-refractivity contribution in [2.24, 2.45) is 0 Å². The van der Waals surface area contributed by atoms with Gasteiger partial charge in [-0.2, -0.15) is 0 Å². The number of hydrogen-bond donors (Lipinski definition) is 2. The number of hydrogen-bond acceptors (Lipinski definition) is 4. The van der Waals surface area contributed by atoms with Gasteiger partial charge in [0, 0.05) is 12.1 Å². The molecule has 0 aliphatic heterocycles. The summed E-state index contributed by atoms with van der Waals surface area (Å²) in [5.41, 5.74) is 5.62. The van der Waals surface area contributed by atoms with E-state index >= 15 is 0 Å². The number of aromatic carboxylic acids is 1. The van der Waals surface area contributed by atoms with Crippen LogP contribution in [0.5, 0.6) is 5.75 Å². The molecule has 0 fully saturated rings. The molecule has 0 spiro atoms. The van der Waals surface area contributed by atoms with Crippen molar-refractivity contribution in [1.82, 2.24) is 0 Å². The zero-order chi connectivity index (χ0) is 13.4. The third kappa shape index (κ3) is 4.55. The Hall–Kier alpha value is -2.04. The van der Waals surface area contributed by atoms with Gasteiger partial charge >= 0.3 is 11.9 Å². The number of carbonyl (C=O) groups excluding carboxylic acids is 1. The molecule has 0 saturated carbocycles. The van der Waals surface area contributed by atoms with Gasteiger partial charge in [-0.15, -0.1) is 0 Å². The Morgan fingerprint density at radius 2 is 1.94 bits per heavy atom.